The maximum Gasteiger partial charge on any atom is 0.240 e. The number of benzene rings is 1. The third kappa shape index (κ3) is 4.99. The molecule has 0 atom stereocenters. The summed E-state index contributed by atoms with van der Waals surface area (Å²) in [4.78, 5) is 14.6. The Balaban J connectivity index is 1.24. The van der Waals surface area contributed by atoms with Gasteiger partial charge in [-0.1, -0.05) is 6.07 Å². The number of piperidine rings is 1. The summed E-state index contributed by atoms with van der Waals surface area (Å²) >= 11 is 0. The van der Waals surface area contributed by atoms with E-state index in [0.717, 1.165) is 44.1 Å². The summed E-state index contributed by atoms with van der Waals surface area (Å²) < 4.78 is 38.9. The molecular formula is C21H30N2O5S. The largest absolute Gasteiger partial charge is 0.350 e. The van der Waals surface area contributed by atoms with Gasteiger partial charge in [-0.2, -0.15) is 0 Å². The summed E-state index contributed by atoms with van der Waals surface area (Å²) in [5.74, 6) is 0.328. The van der Waals surface area contributed by atoms with E-state index in [1.165, 1.54) is 5.56 Å². The Morgan fingerprint density at radius 3 is 2.48 bits per heavy atom. The van der Waals surface area contributed by atoms with E-state index in [0.29, 0.717) is 37.1 Å². The molecule has 1 aromatic rings. The van der Waals surface area contributed by atoms with Crippen LogP contribution in [0.3, 0.4) is 0 Å². The van der Waals surface area contributed by atoms with E-state index in [4.69, 9.17) is 9.47 Å². The molecule has 0 spiro atoms. The molecule has 2 fully saturated rings. The van der Waals surface area contributed by atoms with Gasteiger partial charge in [0, 0.05) is 32.0 Å². The Morgan fingerprint density at radius 1 is 1.07 bits per heavy atom. The molecule has 7 nitrogen and oxygen atoms in total. The molecular weight excluding hydrogens is 392 g/mol. The van der Waals surface area contributed by atoms with Crippen LogP contribution in [0.1, 0.15) is 43.2 Å². The monoisotopic (exact) mass is 422 g/mol. The Morgan fingerprint density at radius 2 is 1.76 bits per heavy atom. The number of nitrogens with zero attached hydrogens (tertiary/aromatic N) is 1. The van der Waals surface area contributed by atoms with E-state index in [1.807, 2.05) is 11.0 Å². The van der Waals surface area contributed by atoms with Gasteiger partial charge in [-0.3, -0.25) is 4.79 Å². The van der Waals surface area contributed by atoms with E-state index in [2.05, 4.69) is 4.72 Å². The van der Waals surface area contributed by atoms with Gasteiger partial charge in [-0.25, -0.2) is 13.1 Å². The number of hydrogen-bond donors (Lipinski definition) is 1. The summed E-state index contributed by atoms with van der Waals surface area (Å²) in [5, 5.41) is 0. The first-order valence-corrected chi connectivity index (χ1v) is 12.1. The van der Waals surface area contributed by atoms with Crippen LogP contribution in [-0.2, 0) is 37.1 Å². The van der Waals surface area contributed by atoms with Crippen molar-refractivity contribution in [1.29, 1.82) is 0 Å². The van der Waals surface area contributed by atoms with E-state index in [-0.39, 0.29) is 25.2 Å². The lowest BCUT2D eigenvalue weighted by Crippen LogP contribution is -2.42. The van der Waals surface area contributed by atoms with Crippen molar-refractivity contribution in [3.8, 4) is 0 Å². The SMILES string of the molecule is O=C(CCNS(=O)(=O)c1ccc2c(c1)CCCC2)N1CCC(C2OCCO2)CC1. The van der Waals surface area contributed by atoms with E-state index in [9.17, 15) is 13.2 Å². The molecule has 0 radical (unpaired) electrons. The molecule has 3 aliphatic rings. The number of carbonyl (C=O) groups is 1. The minimum Gasteiger partial charge on any atom is -0.350 e. The van der Waals surface area contributed by atoms with Crippen LogP contribution in [0.4, 0.5) is 0 Å². The van der Waals surface area contributed by atoms with E-state index >= 15 is 0 Å². The highest BCUT2D eigenvalue weighted by Crippen LogP contribution is 2.26. The maximum atomic E-state index is 12.6. The zero-order chi connectivity index (χ0) is 20.3. The summed E-state index contributed by atoms with van der Waals surface area (Å²) in [6.45, 7) is 2.75. The number of rotatable bonds is 6. The molecule has 0 bridgehead atoms. The Bertz CT molecular complexity index is 827. The van der Waals surface area contributed by atoms with Gasteiger partial charge < -0.3 is 14.4 Å². The molecule has 2 saturated heterocycles. The Hall–Kier alpha value is -1.48. The van der Waals surface area contributed by atoms with Crippen molar-refractivity contribution in [2.75, 3.05) is 32.8 Å². The van der Waals surface area contributed by atoms with Crippen molar-refractivity contribution < 1.29 is 22.7 Å². The summed E-state index contributed by atoms with van der Waals surface area (Å²) in [6.07, 6.45) is 5.98. The minimum absolute atomic E-state index is 0.00940. The first-order chi connectivity index (χ1) is 14.0. The Kier molecular flexibility index (Phi) is 6.53. The van der Waals surface area contributed by atoms with Crippen molar-refractivity contribution in [3.05, 3.63) is 29.3 Å². The number of sulfonamides is 1. The number of fused-ring (bicyclic) bond motifs is 1. The van der Waals surface area contributed by atoms with Crippen LogP contribution in [0.5, 0.6) is 0 Å². The fraction of sp³-hybridized carbons (Fsp3) is 0.667. The van der Waals surface area contributed by atoms with Crippen molar-refractivity contribution in [3.63, 3.8) is 0 Å². The second-order valence-corrected chi connectivity index (χ2v) is 9.88. The lowest BCUT2D eigenvalue weighted by Gasteiger charge is -2.33. The van der Waals surface area contributed by atoms with Crippen molar-refractivity contribution >= 4 is 15.9 Å². The van der Waals surface area contributed by atoms with Crippen LogP contribution in [0.15, 0.2) is 23.1 Å². The summed E-state index contributed by atoms with van der Waals surface area (Å²) in [5.41, 5.74) is 2.38. The molecule has 0 unspecified atom stereocenters. The normalized spacial score (nSPS) is 21.3. The summed E-state index contributed by atoms with van der Waals surface area (Å²) in [7, 11) is -3.59. The molecule has 1 N–H and O–H groups in total. The van der Waals surface area contributed by atoms with Gasteiger partial charge in [-0.05, 0) is 61.8 Å². The molecule has 29 heavy (non-hydrogen) atoms. The quantitative estimate of drug-likeness (QED) is 0.756. The van der Waals surface area contributed by atoms with Crippen molar-refractivity contribution in [2.24, 2.45) is 5.92 Å². The predicted molar refractivity (Wildman–Crippen MR) is 108 cm³/mol. The number of nitrogens with one attached hydrogen (secondary N) is 1. The molecule has 2 aliphatic heterocycles. The smallest absolute Gasteiger partial charge is 0.240 e. The van der Waals surface area contributed by atoms with Crippen LogP contribution in [0.25, 0.3) is 0 Å². The van der Waals surface area contributed by atoms with Crippen LogP contribution in [0.2, 0.25) is 0 Å². The zero-order valence-electron chi connectivity index (χ0n) is 16.8. The number of ether oxygens (including phenoxy) is 2. The fourth-order valence-electron chi connectivity index (χ4n) is 4.48. The van der Waals surface area contributed by atoms with Crippen LogP contribution in [0, 0.1) is 5.92 Å². The number of likely N-dealkylation sites (tertiary alicyclic amines) is 1. The lowest BCUT2D eigenvalue weighted by atomic mass is 9.92. The fourth-order valence-corrected chi connectivity index (χ4v) is 5.56. The molecule has 0 saturated carbocycles. The van der Waals surface area contributed by atoms with E-state index in [1.54, 1.807) is 12.1 Å². The Labute approximate surface area is 172 Å². The molecule has 1 aromatic carbocycles. The predicted octanol–water partition coefficient (Wildman–Crippen LogP) is 1.85. The highest BCUT2D eigenvalue weighted by Gasteiger charge is 2.31. The molecule has 2 heterocycles. The van der Waals surface area contributed by atoms with Crippen LogP contribution >= 0.6 is 0 Å². The number of hydrogen-bond acceptors (Lipinski definition) is 5. The maximum absolute atomic E-state index is 12.6. The van der Waals surface area contributed by atoms with Gasteiger partial charge in [0.05, 0.1) is 18.1 Å². The first kappa shape index (κ1) is 20.8. The van der Waals surface area contributed by atoms with E-state index < -0.39 is 10.0 Å². The zero-order valence-corrected chi connectivity index (χ0v) is 17.6. The van der Waals surface area contributed by atoms with Crippen LogP contribution < -0.4 is 4.72 Å². The second-order valence-electron chi connectivity index (χ2n) is 8.11. The molecule has 4 rings (SSSR count). The summed E-state index contributed by atoms with van der Waals surface area (Å²) in [6, 6.07) is 5.39. The van der Waals surface area contributed by atoms with Crippen molar-refractivity contribution in [1.82, 2.24) is 9.62 Å². The van der Waals surface area contributed by atoms with Gasteiger partial charge in [0.2, 0.25) is 15.9 Å². The number of aryl methyl sites for hydroxylation is 2. The molecule has 8 heteroatoms. The average molecular weight is 423 g/mol. The average Bonchev–Trinajstić information content (AvgIpc) is 3.28. The van der Waals surface area contributed by atoms with Gasteiger partial charge in [0.1, 0.15) is 0 Å². The highest BCUT2D eigenvalue weighted by atomic mass is 32.2. The second kappa shape index (κ2) is 9.12. The van der Waals surface area contributed by atoms with Gasteiger partial charge in [0.15, 0.2) is 6.29 Å². The topological polar surface area (TPSA) is 84.9 Å². The third-order valence-corrected chi connectivity index (χ3v) is 7.64. The molecule has 1 aliphatic carbocycles. The highest BCUT2D eigenvalue weighted by molar-refractivity contribution is 7.89. The molecule has 1 amide bonds. The van der Waals surface area contributed by atoms with Crippen molar-refractivity contribution in [2.45, 2.75) is 56.1 Å². The minimum atomic E-state index is -3.59. The first-order valence-electron chi connectivity index (χ1n) is 10.7. The standard InChI is InChI=1S/C21H30N2O5S/c24-20(23-11-8-17(9-12-23)21-27-13-14-28-21)7-10-22-29(25,26)19-6-5-16-3-1-2-4-18(16)15-19/h5-6,15,17,21-22H,1-4,7-14H2. The van der Waals surface area contributed by atoms with Gasteiger partial charge in [-0.15, -0.1) is 0 Å². The molecule has 160 valence electrons. The van der Waals surface area contributed by atoms with Gasteiger partial charge in [0.25, 0.3) is 0 Å². The molecule has 0 aromatic heterocycles. The lowest BCUT2D eigenvalue weighted by molar-refractivity contribution is -0.136. The number of carbonyl (C=O) groups excluding carboxylic acids is 1. The third-order valence-electron chi connectivity index (χ3n) is 6.19. The van der Waals surface area contributed by atoms with Gasteiger partial charge >= 0.3 is 0 Å². The number of amides is 1. The van der Waals surface area contributed by atoms with Crippen LogP contribution in [-0.4, -0.2) is 58.4 Å².